The molecule has 2 aromatic carbocycles. The molecule has 0 aromatic heterocycles. The molecule has 0 heterocycles. The van der Waals surface area contributed by atoms with Crippen molar-refractivity contribution in [1.29, 1.82) is 0 Å². The Morgan fingerprint density at radius 1 is 0.862 bits per heavy atom. The Kier molecular flexibility index (Phi) is 6.13. The predicted octanol–water partition coefficient (Wildman–Crippen LogP) is 5.92. The second-order valence-electron chi connectivity index (χ2n) is 8.93. The Morgan fingerprint density at radius 3 is 2.21 bits per heavy atom. The summed E-state index contributed by atoms with van der Waals surface area (Å²) in [5.41, 5.74) is 1.99. The zero-order chi connectivity index (χ0) is 20.2. The third kappa shape index (κ3) is 5.14. The quantitative estimate of drug-likeness (QED) is 0.569. The summed E-state index contributed by atoms with van der Waals surface area (Å²) >= 11 is 0. The van der Waals surface area contributed by atoms with Crippen LogP contribution in [0.2, 0.25) is 0 Å². The number of rotatable bonds is 8. The zero-order valence-electron chi connectivity index (χ0n) is 16.9. The van der Waals surface area contributed by atoms with Crippen molar-refractivity contribution in [1.82, 2.24) is 0 Å². The highest BCUT2D eigenvalue weighted by Crippen LogP contribution is 2.49. The molecule has 2 fully saturated rings. The van der Waals surface area contributed by atoms with E-state index in [1.54, 1.807) is 24.3 Å². The van der Waals surface area contributed by atoms with Crippen molar-refractivity contribution in [3.63, 3.8) is 0 Å². The van der Waals surface area contributed by atoms with Gasteiger partial charge >= 0.3 is 0 Å². The monoisotopic (exact) mass is 390 g/mol. The standard InChI is InChI=1S/C26H30O3/c27-22-13-11-21(12-14-22)25(28)15-10-18-6-8-19(9-7-18)16-26(29)24-17-23(24)20-4-2-1-3-5-20/h1-5,11-14,18-19,23-24,27H,6-10,15-17H2/t18?,19?,23-,24+/m0/s1. The molecule has 0 aliphatic heterocycles. The highest BCUT2D eigenvalue weighted by Gasteiger charge is 2.43. The summed E-state index contributed by atoms with van der Waals surface area (Å²) in [6.07, 6.45) is 7.77. The van der Waals surface area contributed by atoms with Gasteiger partial charge in [0, 0.05) is 24.3 Å². The first kappa shape index (κ1) is 19.9. The number of benzene rings is 2. The summed E-state index contributed by atoms with van der Waals surface area (Å²) in [6, 6.07) is 17.0. The highest BCUT2D eigenvalue weighted by atomic mass is 16.3. The van der Waals surface area contributed by atoms with Crippen LogP contribution >= 0.6 is 0 Å². The van der Waals surface area contributed by atoms with E-state index < -0.39 is 0 Å². The maximum Gasteiger partial charge on any atom is 0.162 e. The van der Waals surface area contributed by atoms with Gasteiger partial charge in [0.25, 0.3) is 0 Å². The van der Waals surface area contributed by atoms with Crippen LogP contribution in [0, 0.1) is 17.8 Å². The van der Waals surface area contributed by atoms with E-state index in [1.807, 2.05) is 6.07 Å². The molecule has 4 rings (SSSR count). The number of phenols is 1. The smallest absolute Gasteiger partial charge is 0.162 e. The zero-order valence-corrected chi connectivity index (χ0v) is 16.9. The average Bonchev–Trinajstić information content (AvgIpc) is 3.55. The third-order valence-corrected chi connectivity index (χ3v) is 6.86. The van der Waals surface area contributed by atoms with Crippen LogP contribution in [0.5, 0.6) is 5.75 Å². The summed E-state index contributed by atoms with van der Waals surface area (Å²) in [5, 5.41) is 9.33. The molecule has 0 amide bonds. The molecule has 1 N–H and O–H groups in total. The molecular formula is C26H30O3. The average molecular weight is 391 g/mol. The van der Waals surface area contributed by atoms with Crippen LogP contribution in [-0.2, 0) is 4.79 Å². The van der Waals surface area contributed by atoms with Gasteiger partial charge in [-0.25, -0.2) is 0 Å². The molecule has 2 atom stereocenters. The first-order chi connectivity index (χ1) is 14.1. The molecule has 29 heavy (non-hydrogen) atoms. The van der Waals surface area contributed by atoms with Crippen LogP contribution in [0.25, 0.3) is 0 Å². The Bertz CT molecular complexity index is 832. The SMILES string of the molecule is O=C(CCC1CCC(CC(=O)[C@@H]2C[C@H]2c2ccccc2)CC1)c1ccc(O)cc1. The number of ketones is 2. The molecule has 3 heteroatoms. The number of carbonyl (C=O) groups is 2. The Balaban J connectivity index is 1.17. The summed E-state index contributed by atoms with van der Waals surface area (Å²) in [4.78, 5) is 25.0. The van der Waals surface area contributed by atoms with Crippen LogP contribution < -0.4 is 0 Å². The molecule has 0 radical (unpaired) electrons. The number of Topliss-reactive ketones (excluding diaryl/α,β-unsaturated/α-hetero) is 2. The minimum atomic E-state index is 0.156. The lowest BCUT2D eigenvalue weighted by Crippen LogP contribution is -2.19. The van der Waals surface area contributed by atoms with Crippen LogP contribution in [0.1, 0.15) is 73.2 Å². The molecule has 2 saturated carbocycles. The van der Waals surface area contributed by atoms with E-state index in [4.69, 9.17) is 0 Å². The molecule has 0 spiro atoms. The molecule has 2 aliphatic carbocycles. The largest absolute Gasteiger partial charge is 0.508 e. The van der Waals surface area contributed by atoms with Gasteiger partial charge in [0.15, 0.2) is 5.78 Å². The van der Waals surface area contributed by atoms with Crippen LogP contribution in [0.4, 0.5) is 0 Å². The van der Waals surface area contributed by atoms with Crippen molar-refractivity contribution in [2.45, 2.75) is 57.3 Å². The third-order valence-electron chi connectivity index (χ3n) is 6.86. The fourth-order valence-electron chi connectivity index (χ4n) is 4.91. The Labute approximate surface area is 173 Å². The van der Waals surface area contributed by atoms with Crippen LogP contribution in [0.15, 0.2) is 54.6 Å². The van der Waals surface area contributed by atoms with E-state index in [1.165, 1.54) is 5.56 Å². The Hall–Kier alpha value is -2.42. The molecule has 2 aliphatic rings. The molecule has 3 nitrogen and oxygen atoms in total. The van der Waals surface area contributed by atoms with Crippen molar-refractivity contribution in [3.8, 4) is 5.75 Å². The maximum atomic E-state index is 12.7. The molecular weight excluding hydrogens is 360 g/mol. The lowest BCUT2D eigenvalue weighted by Gasteiger charge is -2.28. The normalized spacial score (nSPS) is 26.1. The first-order valence-electron chi connectivity index (χ1n) is 11.0. The molecule has 2 aromatic rings. The molecule has 0 saturated heterocycles. The fraction of sp³-hybridized carbons (Fsp3) is 0.462. The van der Waals surface area contributed by atoms with E-state index >= 15 is 0 Å². The fourth-order valence-corrected chi connectivity index (χ4v) is 4.91. The van der Waals surface area contributed by atoms with Crippen molar-refractivity contribution >= 4 is 11.6 Å². The lowest BCUT2D eigenvalue weighted by atomic mass is 9.77. The second-order valence-corrected chi connectivity index (χ2v) is 8.93. The van der Waals surface area contributed by atoms with Gasteiger partial charge in [0.1, 0.15) is 11.5 Å². The highest BCUT2D eigenvalue weighted by molar-refractivity contribution is 5.96. The van der Waals surface area contributed by atoms with Gasteiger partial charge in [-0.2, -0.15) is 0 Å². The van der Waals surface area contributed by atoms with Crippen molar-refractivity contribution in [3.05, 3.63) is 65.7 Å². The number of hydrogen-bond acceptors (Lipinski definition) is 3. The lowest BCUT2D eigenvalue weighted by molar-refractivity contribution is -0.121. The number of phenolic OH excluding ortho intramolecular Hbond substituents is 1. The van der Waals surface area contributed by atoms with E-state index in [0.29, 0.717) is 35.5 Å². The Morgan fingerprint density at radius 2 is 1.52 bits per heavy atom. The summed E-state index contributed by atoms with van der Waals surface area (Å²) in [7, 11) is 0. The predicted molar refractivity (Wildman–Crippen MR) is 114 cm³/mol. The number of hydrogen-bond donors (Lipinski definition) is 1. The van der Waals surface area contributed by atoms with Crippen molar-refractivity contribution in [2.75, 3.05) is 0 Å². The number of aromatic hydroxyl groups is 1. The first-order valence-corrected chi connectivity index (χ1v) is 11.0. The summed E-state index contributed by atoms with van der Waals surface area (Å²) in [6.45, 7) is 0. The molecule has 0 unspecified atom stereocenters. The van der Waals surface area contributed by atoms with E-state index in [2.05, 4.69) is 24.3 Å². The van der Waals surface area contributed by atoms with Crippen molar-refractivity contribution in [2.24, 2.45) is 17.8 Å². The van der Waals surface area contributed by atoms with Gasteiger partial charge in [-0.05, 0) is 73.3 Å². The minimum Gasteiger partial charge on any atom is -0.508 e. The topological polar surface area (TPSA) is 54.4 Å². The van der Waals surface area contributed by atoms with Crippen LogP contribution in [0.3, 0.4) is 0 Å². The van der Waals surface area contributed by atoms with E-state index in [9.17, 15) is 14.7 Å². The summed E-state index contributed by atoms with van der Waals surface area (Å²) < 4.78 is 0. The van der Waals surface area contributed by atoms with Gasteiger partial charge in [-0.3, -0.25) is 9.59 Å². The number of carbonyl (C=O) groups excluding carboxylic acids is 2. The van der Waals surface area contributed by atoms with E-state index in [0.717, 1.165) is 44.9 Å². The maximum absolute atomic E-state index is 12.7. The summed E-state index contributed by atoms with van der Waals surface area (Å²) in [5.74, 6) is 2.64. The van der Waals surface area contributed by atoms with Gasteiger partial charge in [0.05, 0.1) is 0 Å². The van der Waals surface area contributed by atoms with Gasteiger partial charge < -0.3 is 5.11 Å². The van der Waals surface area contributed by atoms with Gasteiger partial charge in [-0.1, -0.05) is 43.2 Å². The van der Waals surface area contributed by atoms with Crippen molar-refractivity contribution < 1.29 is 14.7 Å². The molecule has 152 valence electrons. The minimum absolute atomic E-state index is 0.156. The second kappa shape index (κ2) is 8.94. The molecule has 0 bridgehead atoms. The van der Waals surface area contributed by atoms with E-state index in [-0.39, 0.29) is 17.5 Å². The van der Waals surface area contributed by atoms with Gasteiger partial charge in [-0.15, -0.1) is 0 Å². The van der Waals surface area contributed by atoms with Crippen LogP contribution in [-0.4, -0.2) is 16.7 Å². The van der Waals surface area contributed by atoms with Gasteiger partial charge in [0.2, 0.25) is 0 Å².